The summed E-state index contributed by atoms with van der Waals surface area (Å²) in [5, 5.41) is 3.20. The minimum atomic E-state index is 0. The first-order valence-electron chi connectivity index (χ1n) is 8.52. The Morgan fingerprint density at radius 3 is 2.25 bits per heavy atom. The molecule has 1 aliphatic heterocycles. The Balaban J connectivity index is 0.00000264. The van der Waals surface area contributed by atoms with E-state index in [0.717, 1.165) is 50.6 Å². The number of likely N-dealkylation sites (tertiary alicyclic amines) is 1. The molecule has 1 fully saturated rings. The number of hydrogen-bond acceptors (Lipinski definition) is 3. The molecule has 6 heteroatoms. The van der Waals surface area contributed by atoms with Crippen LogP contribution in [0.15, 0.2) is 30.3 Å². The van der Waals surface area contributed by atoms with Crippen molar-refractivity contribution in [2.24, 2.45) is 5.92 Å². The van der Waals surface area contributed by atoms with Gasteiger partial charge in [0, 0.05) is 25.3 Å². The summed E-state index contributed by atoms with van der Waals surface area (Å²) in [7, 11) is 0. The molecule has 1 heterocycles. The Bertz CT molecular complexity index is 447. The third-order valence-electron chi connectivity index (χ3n) is 4.60. The van der Waals surface area contributed by atoms with Gasteiger partial charge >= 0.3 is 0 Å². The number of amides is 1. The molecule has 1 aromatic carbocycles. The molecule has 0 saturated carbocycles. The minimum absolute atomic E-state index is 0. The van der Waals surface area contributed by atoms with Crippen LogP contribution in [0.2, 0.25) is 0 Å². The lowest BCUT2D eigenvalue weighted by Gasteiger charge is -2.34. The largest absolute Gasteiger partial charge is 0.376 e. The van der Waals surface area contributed by atoms with Gasteiger partial charge in [-0.05, 0) is 44.0 Å². The van der Waals surface area contributed by atoms with E-state index in [0.29, 0.717) is 6.54 Å². The van der Waals surface area contributed by atoms with Crippen LogP contribution >= 0.6 is 24.8 Å². The molecule has 1 N–H and O–H groups in total. The Morgan fingerprint density at radius 2 is 1.71 bits per heavy atom. The van der Waals surface area contributed by atoms with E-state index in [4.69, 9.17) is 0 Å². The molecule has 1 saturated heterocycles. The summed E-state index contributed by atoms with van der Waals surface area (Å²) in [6.07, 6.45) is 2.27. The zero-order chi connectivity index (χ0) is 15.8. The van der Waals surface area contributed by atoms with E-state index >= 15 is 0 Å². The molecule has 0 spiro atoms. The molecule has 2 rings (SSSR count). The quantitative estimate of drug-likeness (QED) is 0.791. The lowest BCUT2D eigenvalue weighted by atomic mass is 9.96. The molecule has 0 atom stereocenters. The second-order valence-electron chi connectivity index (χ2n) is 6.03. The van der Waals surface area contributed by atoms with Crippen LogP contribution in [0.5, 0.6) is 0 Å². The van der Waals surface area contributed by atoms with Gasteiger partial charge in [-0.3, -0.25) is 4.79 Å². The molecule has 1 aromatic rings. The lowest BCUT2D eigenvalue weighted by molar-refractivity contribution is -0.130. The van der Waals surface area contributed by atoms with Crippen LogP contribution in [0.25, 0.3) is 0 Å². The van der Waals surface area contributed by atoms with Crippen molar-refractivity contribution in [3.8, 4) is 0 Å². The first-order valence-corrected chi connectivity index (χ1v) is 8.52. The van der Waals surface area contributed by atoms with Crippen LogP contribution < -0.4 is 5.32 Å². The maximum atomic E-state index is 12.3. The Kier molecular flexibility index (Phi) is 11.9. The van der Waals surface area contributed by atoms with E-state index in [9.17, 15) is 4.79 Å². The van der Waals surface area contributed by atoms with Gasteiger partial charge in [-0.25, -0.2) is 0 Å². The predicted molar refractivity (Wildman–Crippen MR) is 107 cm³/mol. The van der Waals surface area contributed by atoms with Crippen LogP contribution in [0.4, 0.5) is 5.69 Å². The fourth-order valence-corrected chi connectivity index (χ4v) is 3.06. The molecule has 0 unspecified atom stereocenters. The second kappa shape index (κ2) is 12.4. The standard InChI is InChI=1S/C18H29N3O.2ClH/c1-3-20(4-2)15-16-10-12-21(13-11-16)18(22)14-19-17-8-6-5-7-9-17;;/h5-9,16,19H,3-4,10-15H2,1-2H3;2*1H. The average molecular weight is 376 g/mol. The van der Waals surface area contributed by atoms with Crippen molar-refractivity contribution in [3.63, 3.8) is 0 Å². The molecule has 1 aliphatic rings. The number of halogens is 2. The van der Waals surface area contributed by atoms with Crippen LogP contribution in [0.3, 0.4) is 0 Å². The maximum absolute atomic E-state index is 12.3. The van der Waals surface area contributed by atoms with Crippen molar-refractivity contribution in [2.75, 3.05) is 44.6 Å². The summed E-state index contributed by atoms with van der Waals surface area (Å²) in [6, 6.07) is 9.91. The summed E-state index contributed by atoms with van der Waals surface area (Å²) < 4.78 is 0. The maximum Gasteiger partial charge on any atom is 0.241 e. The molecular formula is C18H31Cl2N3O. The number of benzene rings is 1. The van der Waals surface area contributed by atoms with Gasteiger partial charge < -0.3 is 15.1 Å². The minimum Gasteiger partial charge on any atom is -0.376 e. The number of piperidine rings is 1. The number of hydrogen-bond donors (Lipinski definition) is 1. The van der Waals surface area contributed by atoms with Gasteiger partial charge in [0.15, 0.2) is 0 Å². The highest BCUT2D eigenvalue weighted by molar-refractivity contribution is 5.85. The van der Waals surface area contributed by atoms with E-state index in [1.165, 1.54) is 6.54 Å². The monoisotopic (exact) mass is 375 g/mol. The van der Waals surface area contributed by atoms with Gasteiger partial charge in [0.05, 0.1) is 6.54 Å². The molecule has 0 bridgehead atoms. The molecule has 0 aromatic heterocycles. The van der Waals surface area contributed by atoms with Gasteiger partial charge in [0.1, 0.15) is 0 Å². The van der Waals surface area contributed by atoms with Gasteiger partial charge in [-0.15, -0.1) is 24.8 Å². The number of rotatable bonds is 7. The van der Waals surface area contributed by atoms with E-state index in [2.05, 4.69) is 24.1 Å². The Morgan fingerprint density at radius 1 is 1.12 bits per heavy atom. The third-order valence-corrected chi connectivity index (χ3v) is 4.60. The number of carbonyl (C=O) groups is 1. The van der Waals surface area contributed by atoms with E-state index in [1.54, 1.807) is 0 Å². The number of nitrogens with one attached hydrogen (secondary N) is 1. The average Bonchev–Trinajstić information content (AvgIpc) is 2.59. The number of para-hydroxylation sites is 1. The van der Waals surface area contributed by atoms with Gasteiger partial charge in [-0.1, -0.05) is 32.0 Å². The van der Waals surface area contributed by atoms with Gasteiger partial charge in [-0.2, -0.15) is 0 Å². The Hall–Kier alpha value is -0.970. The highest BCUT2D eigenvalue weighted by Crippen LogP contribution is 2.18. The summed E-state index contributed by atoms with van der Waals surface area (Å²) in [4.78, 5) is 16.8. The zero-order valence-corrected chi connectivity index (χ0v) is 16.4. The second-order valence-corrected chi connectivity index (χ2v) is 6.03. The number of anilines is 1. The number of nitrogens with zero attached hydrogens (tertiary/aromatic N) is 2. The van der Waals surface area contributed by atoms with Crippen LogP contribution in [0, 0.1) is 5.92 Å². The third kappa shape index (κ3) is 7.29. The molecule has 0 radical (unpaired) electrons. The lowest BCUT2D eigenvalue weighted by Crippen LogP contribution is -2.43. The van der Waals surface area contributed by atoms with Crippen molar-refractivity contribution in [1.82, 2.24) is 9.80 Å². The summed E-state index contributed by atoms with van der Waals surface area (Å²) in [5.74, 6) is 0.955. The van der Waals surface area contributed by atoms with Crippen LogP contribution in [-0.4, -0.2) is 55.0 Å². The first kappa shape index (κ1) is 23.0. The van der Waals surface area contributed by atoms with E-state index < -0.39 is 0 Å². The van der Waals surface area contributed by atoms with E-state index in [1.807, 2.05) is 35.2 Å². The van der Waals surface area contributed by atoms with Crippen LogP contribution in [0.1, 0.15) is 26.7 Å². The fourth-order valence-electron chi connectivity index (χ4n) is 3.06. The molecule has 1 amide bonds. The molecule has 138 valence electrons. The molecule has 0 aliphatic carbocycles. The highest BCUT2D eigenvalue weighted by Gasteiger charge is 2.23. The summed E-state index contributed by atoms with van der Waals surface area (Å²) in [5.41, 5.74) is 1.01. The SMILES string of the molecule is CCN(CC)CC1CCN(C(=O)CNc2ccccc2)CC1.Cl.Cl. The van der Waals surface area contributed by atoms with Gasteiger partial charge in [0.25, 0.3) is 0 Å². The zero-order valence-electron chi connectivity index (χ0n) is 14.7. The highest BCUT2D eigenvalue weighted by atomic mass is 35.5. The summed E-state index contributed by atoms with van der Waals surface area (Å²) >= 11 is 0. The summed E-state index contributed by atoms with van der Waals surface area (Å²) in [6.45, 7) is 10.1. The number of carbonyl (C=O) groups excluding carboxylic acids is 1. The predicted octanol–water partition coefficient (Wildman–Crippen LogP) is 3.52. The van der Waals surface area contributed by atoms with Crippen molar-refractivity contribution < 1.29 is 4.79 Å². The van der Waals surface area contributed by atoms with E-state index in [-0.39, 0.29) is 30.7 Å². The fraction of sp³-hybridized carbons (Fsp3) is 0.611. The van der Waals surface area contributed by atoms with Crippen molar-refractivity contribution in [2.45, 2.75) is 26.7 Å². The van der Waals surface area contributed by atoms with Crippen molar-refractivity contribution in [1.29, 1.82) is 0 Å². The molecule has 24 heavy (non-hydrogen) atoms. The normalized spacial score (nSPS) is 14.7. The van der Waals surface area contributed by atoms with Gasteiger partial charge in [0.2, 0.25) is 5.91 Å². The molecular weight excluding hydrogens is 345 g/mol. The van der Waals surface area contributed by atoms with Crippen molar-refractivity contribution >= 4 is 36.4 Å². The molecule has 4 nitrogen and oxygen atoms in total. The smallest absolute Gasteiger partial charge is 0.241 e. The topological polar surface area (TPSA) is 35.6 Å². The first-order chi connectivity index (χ1) is 10.7. The Labute approximate surface area is 158 Å². The van der Waals surface area contributed by atoms with Crippen molar-refractivity contribution in [3.05, 3.63) is 30.3 Å². The van der Waals surface area contributed by atoms with Crippen LogP contribution in [-0.2, 0) is 4.79 Å².